The highest BCUT2D eigenvalue weighted by molar-refractivity contribution is 6.29. The van der Waals surface area contributed by atoms with Crippen LogP contribution in [0.3, 0.4) is 0 Å². The Morgan fingerprint density at radius 2 is 1.47 bits per heavy atom. The summed E-state index contributed by atoms with van der Waals surface area (Å²) >= 11 is 0. The van der Waals surface area contributed by atoms with E-state index in [-0.39, 0.29) is 11.2 Å². The summed E-state index contributed by atoms with van der Waals surface area (Å²) in [6.45, 7) is 6.40. The SMILES string of the molecule is CCCCCCC(C)(CCCCCC)C(=O)C=NO. The van der Waals surface area contributed by atoms with Crippen molar-refractivity contribution in [3.63, 3.8) is 0 Å². The lowest BCUT2D eigenvalue weighted by Crippen LogP contribution is -2.29. The van der Waals surface area contributed by atoms with Gasteiger partial charge < -0.3 is 5.21 Å². The Morgan fingerprint density at radius 3 is 1.84 bits per heavy atom. The van der Waals surface area contributed by atoms with Gasteiger partial charge in [0.05, 0.1) is 0 Å². The molecule has 0 spiro atoms. The fourth-order valence-electron chi connectivity index (χ4n) is 2.46. The highest BCUT2D eigenvalue weighted by Crippen LogP contribution is 2.32. The first-order chi connectivity index (χ1) is 9.10. The molecule has 0 aromatic heterocycles. The van der Waals surface area contributed by atoms with Crippen LogP contribution in [0.5, 0.6) is 0 Å². The molecule has 0 radical (unpaired) electrons. The maximum Gasteiger partial charge on any atom is 0.183 e. The van der Waals surface area contributed by atoms with Gasteiger partial charge in [-0.25, -0.2) is 0 Å². The van der Waals surface area contributed by atoms with E-state index in [2.05, 4.69) is 19.0 Å². The Kier molecular flexibility index (Phi) is 10.5. The van der Waals surface area contributed by atoms with Gasteiger partial charge in [-0.15, -0.1) is 0 Å². The summed E-state index contributed by atoms with van der Waals surface area (Å²) in [6.07, 6.45) is 12.3. The molecule has 0 atom stereocenters. The van der Waals surface area contributed by atoms with Gasteiger partial charge in [-0.05, 0) is 12.8 Å². The zero-order chi connectivity index (χ0) is 14.6. The minimum Gasteiger partial charge on any atom is -0.411 e. The van der Waals surface area contributed by atoms with Crippen LogP contribution in [0, 0.1) is 5.41 Å². The Hall–Kier alpha value is -0.860. The quantitative estimate of drug-likeness (QED) is 0.235. The van der Waals surface area contributed by atoms with E-state index in [1.807, 2.05) is 6.92 Å². The maximum absolute atomic E-state index is 12.1. The van der Waals surface area contributed by atoms with Crippen LogP contribution in [-0.2, 0) is 4.79 Å². The zero-order valence-corrected chi connectivity index (χ0v) is 13.0. The van der Waals surface area contributed by atoms with Gasteiger partial charge in [0.15, 0.2) is 5.78 Å². The first-order valence-corrected chi connectivity index (χ1v) is 7.82. The molecule has 0 amide bonds. The number of ketones is 1. The molecular formula is C16H31NO2. The molecule has 0 heterocycles. The van der Waals surface area contributed by atoms with Crippen molar-refractivity contribution < 1.29 is 10.0 Å². The largest absolute Gasteiger partial charge is 0.411 e. The van der Waals surface area contributed by atoms with E-state index < -0.39 is 0 Å². The number of oxime groups is 1. The number of carbonyl (C=O) groups excluding carboxylic acids is 1. The summed E-state index contributed by atoms with van der Waals surface area (Å²) in [5, 5.41) is 11.5. The van der Waals surface area contributed by atoms with Crippen LogP contribution in [0.4, 0.5) is 0 Å². The van der Waals surface area contributed by atoms with Gasteiger partial charge in [0.25, 0.3) is 0 Å². The van der Waals surface area contributed by atoms with Crippen LogP contribution in [0.1, 0.15) is 85.0 Å². The van der Waals surface area contributed by atoms with E-state index in [1.54, 1.807) is 0 Å². The standard InChI is InChI=1S/C16H31NO2/c1-4-6-8-10-12-16(3,15(18)14-17-19)13-11-9-7-5-2/h14,19H,4-13H2,1-3H3. The lowest BCUT2D eigenvalue weighted by molar-refractivity contribution is -0.121. The van der Waals surface area contributed by atoms with Crippen LogP contribution >= 0.6 is 0 Å². The molecule has 0 aliphatic rings. The van der Waals surface area contributed by atoms with Crippen LogP contribution in [0.2, 0.25) is 0 Å². The zero-order valence-electron chi connectivity index (χ0n) is 13.0. The number of nitrogens with zero attached hydrogens (tertiary/aromatic N) is 1. The molecule has 0 aliphatic heterocycles. The predicted molar refractivity (Wildman–Crippen MR) is 80.9 cm³/mol. The Morgan fingerprint density at radius 1 is 1.00 bits per heavy atom. The molecule has 3 nitrogen and oxygen atoms in total. The molecule has 0 saturated carbocycles. The molecule has 0 fully saturated rings. The highest BCUT2D eigenvalue weighted by atomic mass is 16.4. The molecule has 0 bridgehead atoms. The Labute approximate surface area is 118 Å². The second-order valence-corrected chi connectivity index (χ2v) is 5.79. The van der Waals surface area contributed by atoms with Crippen molar-refractivity contribution >= 4 is 12.0 Å². The summed E-state index contributed by atoms with van der Waals surface area (Å²) in [6, 6.07) is 0. The topological polar surface area (TPSA) is 49.7 Å². The third-order valence-electron chi connectivity index (χ3n) is 3.93. The fourth-order valence-corrected chi connectivity index (χ4v) is 2.46. The van der Waals surface area contributed by atoms with Crippen molar-refractivity contribution in [1.82, 2.24) is 0 Å². The van der Waals surface area contributed by atoms with Crippen molar-refractivity contribution in [3.05, 3.63) is 0 Å². The van der Waals surface area contributed by atoms with E-state index >= 15 is 0 Å². The lowest BCUT2D eigenvalue weighted by Gasteiger charge is -2.26. The molecular weight excluding hydrogens is 238 g/mol. The number of rotatable bonds is 12. The molecule has 3 heteroatoms. The number of Topliss-reactive ketones (excluding diaryl/α,β-unsaturated/α-hetero) is 1. The normalized spacial score (nSPS) is 12.2. The van der Waals surface area contributed by atoms with Gasteiger partial charge in [-0.2, -0.15) is 0 Å². The van der Waals surface area contributed by atoms with Crippen LogP contribution in [-0.4, -0.2) is 17.2 Å². The molecule has 0 aliphatic carbocycles. The van der Waals surface area contributed by atoms with Crippen LogP contribution < -0.4 is 0 Å². The first kappa shape index (κ1) is 18.1. The summed E-state index contributed by atoms with van der Waals surface area (Å²) in [5.41, 5.74) is -0.340. The summed E-state index contributed by atoms with van der Waals surface area (Å²) in [5.74, 6) is -0.0250. The third-order valence-corrected chi connectivity index (χ3v) is 3.93. The molecule has 0 aromatic carbocycles. The smallest absolute Gasteiger partial charge is 0.183 e. The van der Waals surface area contributed by atoms with Gasteiger partial charge in [-0.1, -0.05) is 77.3 Å². The number of carbonyl (C=O) groups is 1. The molecule has 0 aromatic rings. The lowest BCUT2D eigenvalue weighted by atomic mass is 9.76. The fraction of sp³-hybridized carbons (Fsp3) is 0.875. The average molecular weight is 269 g/mol. The minimum atomic E-state index is -0.340. The van der Waals surface area contributed by atoms with Crippen LogP contribution in [0.15, 0.2) is 5.16 Å². The van der Waals surface area contributed by atoms with Gasteiger partial charge in [0, 0.05) is 5.41 Å². The van der Waals surface area contributed by atoms with E-state index in [0.717, 1.165) is 31.9 Å². The molecule has 112 valence electrons. The van der Waals surface area contributed by atoms with Crippen molar-refractivity contribution in [3.8, 4) is 0 Å². The Balaban J connectivity index is 4.31. The van der Waals surface area contributed by atoms with Crippen molar-refractivity contribution in [2.24, 2.45) is 10.6 Å². The number of unbranched alkanes of at least 4 members (excludes halogenated alkanes) is 6. The number of hydrogen-bond acceptors (Lipinski definition) is 3. The van der Waals surface area contributed by atoms with E-state index in [4.69, 9.17) is 5.21 Å². The van der Waals surface area contributed by atoms with E-state index in [0.29, 0.717) is 0 Å². The summed E-state index contributed by atoms with van der Waals surface area (Å²) < 4.78 is 0. The van der Waals surface area contributed by atoms with Gasteiger partial charge in [0.2, 0.25) is 0 Å². The number of hydrogen-bond donors (Lipinski definition) is 1. The summed E-state index contributed by atoms with van der Waals surface area (Å²) in [7, 11) is 0. The van der Waals surface area contributed by atoms with Crippen molar-refractivity contribution in [1.29, 1.82) is 0 Å². The molecule has 0 unspecified atom stereocenters. The van der Waals surface area contributed by atoms with Gasteiger partial charge in [-0.3, -0.25) is 4.79 Å². The van der Waals surface area contributed by atoms with Crippen LogP contribution in [0.25, 0.3) is 0 Å². The maximum atomic E-state index is 12.1. The molecule has 19 heavy (non-hydrogen) atoms. The highest BCUT2D eigenvalue weighted by Gasteiger charge is 2.30. The minimum absolute atomic E-state index is 0.0250. The first-order valence-electron chi connectivity index (χ1n) is 7.82. The molecule has 1 N–H and O–H groups in total. The second kappa shape index (κ2) is 11.0. The monoisotopic (exact) mass is 269 g/mol. The molecule has 0 saturated heterocycles. The predicted octanol–water partition coefficient (Wildman–Crippen LogP) is 4.96. The van der Waals surface area contributed by atoms with Gasteiger partial charge in [0.1, 0.15) is 6.21 Å². The summed E-state index contributed by atoms with van der Waals surface area (Å²) in [4.78, 5) is 12.1. The van der Waals surface area contributed by atoms with Crippen molar-refractivity contribution in [2.45, 2.75) is 85.0 Å². The molecule has 0 rings (SSSR count). The van der Waals surface area contributed by atoms with Crippen molar-refractivity contribution in [2.75, 3.05) is 0 Å². The average Bonchev–Trinajstić information content (AvgIpc) is 2.40. The van der Waals surface area contributed by atoms with E-state index in [1.165, 1.54) is 38.5 Å². The third kappa shape index (κ3) is 8.02. The Bertz CT molecular complexity index is 249. The second-order valence-electron chi connectivity index (χ2n) is 5.79. The van der Waals surface area contributed by atoms with E-state index in [9.17, 15) is 4.79 Å². The van der Waals surface area contributed by atoms with Gasteiger partial charge >= 0.3 is 0 Å².